The standard InChI is InChI=1S/C17H16N2OS/c1-12-6-8-13(9-7-12)16-18-19-17(20-16)21-10-14-4-2-3-5-15(14)11-21/h2-9,21H,10-11H2,1H3. The molecule has 1 aliphatic rings. The fourth-order valence-electron chi connectivity index (χ4n) is 2.62. The second-order valence-corrected chi connectivity index (χ2v) is 7.48. The third-order valence-corrected chi connectivity index (χ3v) is 5.99. The van der Waals surface area contributed by atoms with E-state index in [0.29, 0.717) is 5.89 Å². The molecular weight excluding hydrogens is 280 g/mol. The Bertz CT molecular complexity index is 754. The van der Waals surface area contributed by atoms with E-state index >= 15 is 0 Å². The van der Waals surface area contributed by atoms with E-state index in [0.717, 1.165) is 22.3 Å². The molecule has 106 valence electrons. The summed E-state index contributed by atoms with van der Waals surface area (Å²) in [6.07, 6.45) is 0. The second kappa shape index (κ2) is 5.04. The number of fused-ring (bicyclic) bond motifs is 1. The SMILES string of the molecule is Cc1ccc(-c2nnc([SH]3Cc4ccccc4C3)o2)cc1. The fraction of sp³-hybridized carbons (Fsp3) is 0.176. The maximum absolute atomic E-state index is 5.93. The van der Waals surface area contributed by atoms with E-state index < -0.39 is 0 Å². The first-order chi connectivity index (χ1) is 10.3. The van der Waals surface area contributed by atoms with Gasteiger partial charge in [0.1, 0.15) is 0 Å². The number of aryl methyl sites for hydroxylation is 1. The first kappa shape index (κ1) is 12.7. The summed E-state index contributed by atoms with van der Waals surface area (Å²) in [5.74, 6) is 2.74. The third-order valence-electron chi connectivity index (χ3n) is 3.82. The summed E-state index contributed by atoms with van der Waals surface area (Å²) < 4.78 is 5.93. The van der Waals surface area contributed by atoms with Crippen LogP contribution in [0.3, 0.4) is 0 Å². The van der Waals surface area contributed by atoms with Crippen molar-refractivity contribution in [3.63, 3.8) is 0 Å². The van der Waals surface area contributed by atoms with Gasteiger partial charge in [0.2, 0.25) is 5.89 Å². The molecule has 0 N–H and O–H groups in total. The largest absolute Gasteiger partial charge is 0.413 e. The molecule has 0 aliphatic carbocycles. The van der Waals surface area contributed by atoms with Gasteiger partial charge < -0.3 is 4.42 Å². The highest BCUT2D eigenvalue weighted by Gasteiger charge is 2.23. The second-order valence-electron chi connectivity index (χ2n) is 5.38. The number of rotatable bonds is 2. The van der Waals surface area contributed by atoms with Crippen molar-refractivity contribution in [2.75, 3.05) is 0 Å². The van der Waals surface area contributed by atoms with Crippen LogP contribution in [0.1, 0.15) is 16.7 Å². The van der Waals surface area contributed by atoms with E-state index in [1.165, 1.54) is 16.7 Å². The number of thiol groups is 1. The lowest BCUT2D eigenvalue weighted by molar-refractivity contribution is 0.463. The van der Waals surface area contributed by atoms with Crippen molar-refractivity contribution >= 4 is 10.9 Å². The molecule has 3 aromatic rings. The Hall–Kier alpha value is -2.07. The Labute approximate surface area is 126 Å². The van der Waals surface area contributed by atoms with Gasteiger partial charge in [-0.25, -0.2) is 0 Å². The fourth-order valence-corrected chi connectivity index (χ4v) is 4.83. The quantitative estimate of drug-likeness (QED) is 0.723. The van der Waals surface area contributed by atoms with E-state index in [1.807, 2.05) is 12.1 Å². The smallest absolute Gasteiger partial charge is 0.257 e. The van der Waals surface area contributed by atoms with Crippen LogP contribution < -0.4 is 0 Å². The van der Waals surface area contributed by atoms with Gasteiger partial charge in [-0.1, -0.05) is 42.0 Å². The molecule has 3 nitrogen and oxygen atoms in total. The van der Waals surface area contributed by atoms with E-state index in [1.54, 1.807) is 0 Å². The molecule has 2 aromatic carbocycles. The monoisotopic (exact) mass is 296 g/mol. The average molecular weight is 296 g/mol. The van der Waals surface area contributed by atoms with Crippen LogP contribution in [0.5, 0.6) is 0 Å². The lowest BCUT2D eigenvalue weighted by Gasteiger charge is -2.06. The van der Waals surface area contributed by atoms with Crippen LogP contribution in [-0.2, 0) is 11.5 Å². The molecular formula is C17H16N2OS. The zero-order chi connectivity index (χ0) is 14.2. The zero-order valence-corrected chi connectivity index (χ0v) is 12.7. The highest BCUT2D eigenvalue weighted by Crippen LogP contribution is 2.48. The van der Waals surface area contributed by atoms with Gasteiger partial charge in [0.15, 0.2) is 0 Å². The number of hydrogen-bond donors (Lipinski definition) is 1. The molecule has 21 heavy (non-hydrogen) atoms. The molecule has 0 spiro atoms. The topological polar surface area (TPSA) is 38.9 Å². The predicted molar refractivity (Wildman–Crippen MR) is 85.6 cm³/mol. The Morgan fingerprint density at radius 2 is 1.57 bits per heavy atom. The van der Waals surface area contributed by atoms with Crippen molar-refractivity contribution in [3.8, 4) is 11.5 Å². The van der Waals surface area contributed by atoms with Gasteiger partial charge >= 0.3 is 0 Å². The predicted octanol–water partition coefficient (Wildman–Crippen LogP) is 4.12. The van der Waals surface area contributed by atoms with Gasteiger partial charge in [-0.05, 0) is 30.2 Å². The van der Waals surface area contributed by atoms with Gasteiger partial charge in [0.25, 0.3) is 5.22 Å². The number of nitrogens with zero attached hydrogens (tertiary/aromatic N) is 2. The van der Waals surface area contributed by atoms with Crippen molar-refractivity contribution in [2.45, 2.75) is 23.7 Å². The molecule has 0 amide bonds. The molecule has 2 heterocycles. The van der Waals surface area contributed by atoms with Crippen molar-refractivity contribution in [2.24, 2.45) is 0 Å². The molecule has 0 unspecified atom stereocenters. The van der Waals surface area contributed by atoms with Crippen molar-refractivity contribution in [3.05, 3.63) is 65.2 Å². The normalized spacial score (nSPS) is 15.2. The Morgan fingerprint density at radius 3 is 2.24 bits per heavy atom. The van der Waals surface area contributed by atoms with Gasteiger partial charge in [0.05, 0.1) is 0 Å². The molecule has 0 saturated heterocycles. The van der Waals surface area contributed by atoms with Crippen molar-refractivity contribution in [1.29, 1.82) is 0 Å². The van der Waals surface area contributed by atoms with Gasteiger partial charge in [-0.3, -0.25) is 0 Å². The molecule has 0 saturated carbocycles. The van der Waals surface area contributed by atoms with Crippen LogP contribution in [0.4, 0.5) is 0 Å². The lowest BCUT2D eigenvalue weighted by Crippen LogP contribution is -1.81. The average Bonchev–Trinajstić information content (AvgIpc) is 3.14. The molecule has 0 atom stereocenters. The van der Waals surface area contributed by atoms with Crippen molar-refractivity contribution in [1.82, 2.24) is 10.2 Å². The van der Waals surface area contributed by atoms with E-state index in [2.05, 4.69) is 53.5 Å². The number of aromatic nitrogens is 2. The first-order valence-electron chi connectivity index (χ1n) is 7.02. The summed E-state index contributed by atoms with van der Waals surface area (Å²) in [6, 6.07) is 16.8. The van der Waals surface area contributed by atoms with Gasteiger partial charge in [-0.15, -0.1) is 10.2 Å². The van der Waals surface area contributed by atoms with Crippen LogP contribution in [0.15, 0.2) is 58.2 Å². The molecule has 1 aliphatic heterocycles. The highest BCUT2D eigenvalue weighted by atomic mass is 32.2. The summed E-state index contributed by atoms with van der Waals surface area (Å²) >= 11 is 0. The minimum absolute atomic E-state index is 0.383. The van der Waals surface area contributed by atoms with Crippen LogP contribution >= 0.6 is 10.9 Å². The summed E-state index contributed by atoms with van der Waals surface area (Å²) in [6.45, 7) is 2.07. The van der Waals surface area contributed by atoms with E-state index in [-0.39, 0.29) is 10.9 Å². The maximum Gasteiger partial charge on any atom is 0.257 e. The Kier molecular flexibility index (Phi) is 3.04. The summed E-state index contributed by atoms with van der Waals surface area (Å²) in [5.41, 5.74) is 5.08. The third kappa shape index (κ3) is 2.36. The van der Waals surface area contributed by atoms with Crippen molar-refractivity contribution < 1.29 is 4.42 Å². The number of benzene rings is 2. The Morgan fingerprint density at radius 1 is 0.905 bits per heavy atom. The zero-order valence-electron chi connectivity index (χ0n) is 11.8. The summed E-state index contributed by atoms with van der Waals surface area (Å²) in [4.78, 5) is 0. The highest BCUT2D eigenvalue weighted by molar-refractivity contribution is 8.15. The molecule has 0 bridgehead atoms. The summed E-state index contributed by atoms with van der Waals surface area (Å²) in [5, 5.41) is 9.33. The van der Waals surface area contributed by atoms with E-state index in [9.17, 15) is 0 Å². The number of hydrogen-bond acceptors (Lipinski definition) is 3. The van der Waals surface area contributed by atoms with Crippen LogP contribution in [0, 0.1) is 6.92 Å². The first-order valence-corrected chi connectivity index (χ1v) is 8.73. The summed E-state index contributed by atoms with van der Waals surface area (Å²) in [7, 11) is -0.383. The van der Waals surface area contributed by atoms with Crippen LogP contribution in [-0.4, -0.2) is 10.2 Å². The lowest BCUT2D eigenvalue weighted by atomic mass is 10.1. The van der Waals surface area contributed by atoms with Gasteiger partial charge in [0, 0.05) is 17.1 Å². The minimum atomic E-state index is -0.383. The Balaban J connectivity index is 1.60. The maximum atomic E-state index is 5.93. The molecule has 0 fully saturated rings. The molecule has 1 aromatic heterocycles. The molecule has 4 rings (SSSR count). The van der Waals surface area contributed by atoms with Crippen LogP contribution in [0.2, 0.25) is 0 Å². The van der Waals surface area contributed by atoms with E-state index in [4.69, 9.17) is 4.42 Å². The van der Waals surface area contributed by atoms with Gasteiger partial charge in [-0.2, -0.15) is 10.9 Å². The molecule has 4 heteroatoms. The minimum Gasteiger partial charge on any atom is -0.413 e. The molecule has 0 radical (unpaired) electrons. The van der Waals surface area contributed by atoms with Crippen LogP contribution in [0.25, 0.3) is 11.5 Å².